The average molecular weight is 252 g/mol. The van der Waals surface area contributed by atoms with Gasteiger partial charge in [0, 0.05) is 0 Å². The van der Waals surface area contributed by atoms with Crippen molar-refractivity contribution in [2.45, 2.75) is 71.1 Å². The van der Waals surface area contributed by atoms with Crippen LogP contribution in [0.15, 0.2) is 0 Å². The summed E-state index contributed by atoms with van der Waals surface area (Å²) in [5.74, 6) is 1.51. The molecule has 1 N–H and O–H groups in total. The van der Waals surface area contributed by atoms with Crippen molar-refractivity contribution >= 4 is 5.97 Å². The number of rotatable bonds is 3. The zero-order chi connectivity index (χ0) is 13.0. The first-order valence-corrected chi connectivity index (χ1v) is 7.95. The molecule has 0 aromatic heterocycles. The summed E-state index contributed by atoms with van der Waals surface area (Å²) in [6.07, 6.45) is 12.3. The van der Waals surface area contributed by atoms with Gasteiger partial charge in [0.2, 0.25) is 0 Å². The van der Waals surface area contributed by atoms with Crippen LogP contribution in [0.25, 0.3) is 0 Å². The van der Waals surface area contributed by atoms with Crippen LogP contribution in [-0.4, -0.2) is 11.1 Å². The Kier molecular flexibility index (Phi) is 5.08. The molecule has 2 unspecified atom stereocenters. The molecule has 2 aliphatic carbocycles. The number of hydrogen-bond donors (Lipinski definition) is 1. The highest BCUT2D eigenvalue weighted by Gasteiger charge is 2.36. The highest BCUT2D eigenvalue weighted by molar-refractivity contribution is 5.70. The molecular weight excluding hydrogens is 224 g/mol. The first-order valence-electron chi connectivity index (χ1n) is 7.95. The van der Waals surface area contributed by atoms with Gasteiger partial charge in [-0.1, -0.05) is 45.4 Å². The minimum atomic E-state index is -0.528. The van der Waals surface area contributed by atoms with Crippen molar-refractivity contribution in [3.8, 4) is 0 Å². The average Bonchev–Trinajstić information content (AvgIpc) is 2.64. The Morgan fingerprint density at radius 1 is 1.00 bits per heavy atom. The third-order valence-corrected chi connectivity index (χ3v) is 5.46. The van der Waals surface area contributed by atoms with Crippen LogP contribution in [-0.2, 0) is 4.79 Å². The van der Waals surface area contributed by atoms with Crippen LogP contribution >= 0.6 is 0 Å². The summed E-state index contributed by atoms with van der Waals surface area (Å²) in [6, 6.07) is 0. The molecule has 0 heterocycles. The summed E-state index contributed by atoms with van der Waals surface area (Å²) in [4.78, 5) is 11.5. The SMILES string of the molecule is CCC1CCC(C2CCCCCC2C(=O)O)CC1. The van der Waals surface area contributed by atoms with Gasteiger partial charge < -0.3 is 5.11 Å². The molecule has 0 spiro atoms. The Morgan fingerprint density at radius 3 is 2.28 bits per heavy atom. The molecule has 0 aliphatic heterocycles. The lowest BCUT2D eigenvalue weighted by atomic mass is 9.69. The number of carboxylic acid groups (broad SMARTS) is 1. The van der Waals surface area contributed by atoms with Crippen LogP contribution < -0.4 is 0 Å². The zero-order valence-corrected chi connectivity index (χ0v) is 11.7. The van der Waals surface area contributed by atoms with Gasteiger partial charge in [0.05, 0.1) is 5.92 Å². The molecule has 2 atom stereocenters. The van der Waals surface area contributed by atoms with Crippen LogP contribution in [0.2, 0.25) is 0 Å². The second-order valence-electron chi connectivity index (χ2n) is 6.44. The number of hydrogen-bond acceptors (Lipinski definition) is 1. The Morgan fingerprint density at radius 2 is 1.67 bits per heavy atom. The molecule has 2 fully saturated rings. The molecule has 0 bridgehead atoms. The number of carboxylic acids is 1. The van der Waals surface area contributed by atoms with Gasteiger partial charge >= 0.3 is 5.97 Å². The second kappa shape index (κ2) is 6.58. The zero-order valence-electron chi connectivity index (χ0n) is 11.7. The van der Waals surface area contributed by atoms with Gasteiger partial charge in [-0.3, -0.25) is 4.79 Å². The van der Waals surface area contributed by atoms with E-state index in [4.69, 9.17) is 0 Å². The Balaban J connectivity index is 1.97. The summed E-state index contributed by atoms with van der Waals surface area (Å²) in [5, 5.41) is 9.46. The predicted octanol–water partition coefficient (Wildman–Crippen LogP) is 4.48. The molecule has 2 rings (SSSR count). The second-order valence-corrected chi connectivity index (χ2v) is 6.44. The van der Waals surface area contributed by atoms with E-state index >= 15 is 0 Å². The van der Waals surface area contributed by atoms with E-state index in [1.807, 2.05) is 0 Å². The van der Waals surface area contributed by atoms with Gasteiger partial charge in [-0.05, 0) is 43.4 Å². The number of aliphatic carboxylic acids is 1. The van der Waals surface area contributed by atoms with Crippen molar-refractivity contribution in [1.29, 1.82) is 0 Å². The minimum Gasteiger partial charge on any atom is -0.481 e. The topological polar surface area (TPSA) is 37.3 Å². The monoisotopic (exact) mass is 252 g/mol. The molecule has 18 heavy (non-hydrogen) atoms. The van der Waals surface area contributed by atoms with Crippen molar-refractivity contribution < 1.29 is 9.90 Å². The first-order chi connectivity index (χ1) is 8.72. The lowest BCUT2D eigenvalue weighted by Crippen LogP contribution is -2.31. The lowest BCUT2D eigenvalue weighted by Gasteiger charge is -2.35. The molecule has 2 aliphatic rings. The maximum absolute atomic E-state index is 11.5. The lowest BCUT2D eigenvalue weighted by molar-refractivity contribution is -0.145. The molecule has 0 saturated heterocycles. The quantitative estimate of drug-likeness (QED) is 0.752. The van der Waals surface area contributed by atoms with Gasteiger partial charge in [0.15, 0.2) is 0 Å². The third kappa shape index (κ3) is 3.27. The van der Waals surface area contributed by atoms with Gasteiger partial charge in [0.1, 0.15) is 0 Å². The van der Waals surface area contributed by atoms with Crippen LogP contribution in [0.1, 0.15) is 71.1 Å². The molecule has 0 aromatic rings. The molecular formula is C16H28O2. The summed E-state index contributed by atoms with van der Waals surface area (Å²) < 4.78 is 0. The van der Waals surface area contributed by atoms with E-state index in [2.05, 4.69) is 6.92 Å². The van der Waals surface area contributed by atoms with E-state index in [1.54, 1.807) is 0 Å². The molecule has 0 amide bonds. The van der Waals surface area contributed by atoms with Gasteiger partial charge in [-0.25, -0.2) is 0 Å². The molecule has 2 nitrogen and oxygen atoms in total. The predicted molar refractivity (Wildman–Crippen MR) is 73.4 cm³/mol. The molecule has 104 valence electrons. The van der Waals surface area contributed by atoms with E-state index in [9.17, 15) is 9.90 Å². The maximum Gasteiger partial charge on any atom is 0.306 e. The fourth-order valence-corrected chi connectivity index (χ4v) is 4.23. The molecule has 2 saturated carbocycles. The van der Waals surface area contributed by atoms with Crippen LogP contribution in [0.4, 0.5) is 0 Å². The highest BCUT2D eigenvalue weighted by atomic mass is 16.4. The third-order valence-electron chi connectivity index (χ3n) is 5.46. The van der Waals surface area contributed by atoms with E-state index in [0.717, 1.165) is 18.8 Å². The maximum atomic E-state index is 11.5. The summed E-state index contributed by atoms with van der Waals surface area (Å²) in [6.45, 7) is 2.29. The van der Waals surface area contributed by atoms with Gasteiger partial charge in [-0.15, -0.1) is 0 Å². The fourth-order valence-electron chi connectivity index (χ4n) is 4.23. The first kappa shape index (κ1) is 13.9. The highest BCUT2D eigenvalue weighted by Crippen LogP contribution is 2.42. The van der Waals surface area contributed by atoms with E-state index in [0.29, 0.717) is 11.8 Å². The van der Waals surface area contributed by atoms with E-state index < -0.39 is 5.97 Å². The van der Waals surface area contributed by atoms with E-state index in [-0.39, 0.29) is 5.92 Å². The smallest absolute Gasteiger partial charge is 0.306 e. The van der Waals surface area contributed by atoms with Crippen molar-refractivity contribution in [3.63, 3.8) is 0 Å². The Hall–Kier alpha value is -0.530. The van der Waals surface area contributed by atoms with Crippen molar-refractivity contribution in [3.05, 3.63) is 0 Å². The molecule has 2 heteroatoms. The van der Waals surface area contributed by atoms with Crippen LogP contribution in [0.5, 0.6) is 0 Å². The van der Waals surface area contributed by atoms with E-state index in [1.165, 1.54) is 51.4 Å². The Bertz CT molecular complexity index is 266. The molecule has 0 aromatic carbocycles. The van der Waals surface area contributed by atoms with Gasteiger partial charge in [-0.2, -0.15) is 0 Å². The summed E-state index contributed by atoms with van der Waals surface area (Å²) >= 11 is 0. The number of carbonyl (C=O) groups is 1. The van der Waals surface area contributed by atoms with Gasteiger partial charge in [0.25, 0.3) is 0 Å². The standard InChI is InChI=1S/C16H28O2/c1-2-12-8-10-13(11-9-12)14-6-4-3-5-7-15(14)16(17)18/h12-15H,2-11H2,1H3,(H,17,18). The normalized spacial score (nSPS) is 38.1. The van der Waals surface area contributed by atoms with Crippen molar-refractivity contribution in [1.82, 2.24) is 0 Å². The largest absolute Gasteiger partial charge is 0.481 e. The Labute approximate surface area is 111 Å². The fraction of sp³-hybridized carbons (Fsp3) is 0.938. The summed E-state index contributed by atoms with van der Waals surface area (Å²) in [7, 11) is 0. The summed E-state index contributed by atoms with van der Waals surface area (Å²) in [5.41, 5.74) is 0. The van der Waals surface area contributed by atoms with Crippen LogP contribution in [0.3, 0.4) is 0 Å². The van der Waals surface area contributed by atoms with Crippen molar-refractivity contribution in [2.75, 3.05) is 0 Å². The molecule has 0 radical (unpaired) electrons. The van der Waals surface area contributed by atoms with Crippen molar-refractivity contribution in [2.24, 2.45) is 23.7 Å². The van der Waals surface area contributed by atoms with Crippen LogP contribution in [0, 0.1) is 23.7 Å². The minimum absolute atomic E-state index is 0.0457.